The van der Waals surface area contributed by atoms with Gasteiger partial charge in [-0.1, -0.05) is 107 Å². The Hall–Kier alpha value is -3.96. The molecule has 0 saturated heterocycles. The fourth-order valence-electron chi connectivity index (χ4n) is 8.23. The van der Waals surface area contributed by atoms with Crippen molar-refractivity contribution in [1.82, 2.24) is 0 Å². The third-order valence-electron chi connectivity index (χ3n) is 11.3. The van der Waals surface area contributed by atoms with Crippen LogP contribution in [-0.4, -0.2) is 32.3 Å². The number of unbranched alkanes of at least 4 members (excludes halogenated alkanes) is 1. The zero-order valence-corrected chi connectivity index (χ0v) is 31.2. The maximum atomic E-state index is 12.7. The van der Waals surface area contributed by atoms with Crippen LogP contribution in [-0.2, 0) is 25.5 Å². The van der Waals surface area contributed by atoms with E-state index in [0.717, 1.165) is 41.7 Å². The van der Waals surface area contributed by atoms with E-state index in [1.807, 2.05) is 6.07 Å². The molecular formula is C46H58O5. The van der Waals surface area contributed by atoms with Crippen molar-refractivity contribution >= 4 is 11.9 Å². The lowest BCUT2D eigenvalue weighted by Gasteiger charge is -2.38. The Morgan fingerprint density at radius 3 is 1.96 bits per heavy atom. The van der Waals surface area contributed by atoms with Crippen molar-refractivity contribution in [2.24, 2.45) is 17.8 Å². The van der Waals surface area contributed by atoms with Gasteiger partial charge in [-0.15, -0.1) is 0 Å². The van der Waals surface area contributed by atoms with Gasteiger partial charge >= 0.3 is 11.9 Å². The average Bonchev–Trinajstić information content (AvgIpc) is 3.16. The molecule has 5 nitrogen and oxygen atoms in total. The molecule has 0 bridgehead atoms. The Bertz CT molecular complexity index is 1600. The van der Waals surface area contributed by atoms with E-state index in [2.05, 4.69) is 80.7 Å². The summed E-state index contributed by atoms with van der Waals surface area (Å²) in [5, 5.41) is 0. The van der Waals surface area contributed by atoms with Gasteiger partial charge in [0.15, 0.2) is 0 Å². The summed E-state index contributed by atoms with van der Waals surface area (Å²) >= 11 is 0. The van der Waals surface area contributed by atoms with Gasteiger partial charge in [0.2, 0.25) is 0 Å². The number of carbonyl (C=O) groups is 2. The topological polar surface area (TPSA) is 61.8 Å². The van der Waals surface area contributed by atoms with Crippen molar-refractivity contribution in [3.05, 3.63) is 102 Å². The second-order valence-corrected chi connectivity index (χ2v) is 15.0. The molecule has 2 fully saturated rings. The van der Waals surface area contributed by atoms with Crippen LogP contribution in [0.15, 0.2) is 91.0 Å². The standard InChI is InChI=1S/C46H58O5/c1-6-7-9-34-11-15-36(16-12-34)39-21-25-41(26-22-39)44-30-42(51-46(48)33(4)31-49-5)27-28-43(44)40-23-19-38(20-24-40)37-17-13-35(14-18-37)10-8-29-50-45(47)32(2)3/h13-14,17-20,23-24,27-28,30,34,36,39,41H,2,4,6-12,15-16,21-22,25-26,29,31H2,1,3,5H3. The Morgan fingerprint density at radius 2 is 1.35 bits per heavy atom. The lowest BCUT2D eigenvalue weighted by molar-refractivity contribution is -0.139. The molecule has 0 radical (unpaired) electrons. The minimum absolute atomic E-state index is 0.149. The van der Waals surface area contributed by atoms with Gasteiger partial charge in [-0.2, -0.15) is 0 Å². The van der Waals surface area contributed by atoms with E-state index in [1.165, 1.54) is 92.9 Å². The second-order valence-electron chi connectivity index (χ2n) is 15.0. The van der Waals surface area contributed by atoms with Crippen LogP contribution in [0.3, 0.4) is 0 Å². The van der Waals surface area contributed by atoms with E-state index >= 15 is 0 Å². The zero-order valence-electron chi connectivity index (χ0n) is 31.2. The van der Waals surface area contributed by atoms with Crippen molar-refractivity contribution < 1.29 is 23.8 Å². The van der Waals surface area contributed by atoms with E-state index in [1.54, 1.807) is 14.0 Å². The summed E-state index contributed by atoms with van der Waals surface area (Å²) in [5.41, 5.74) is 7.92. The number of benzene rings is 3. The van der Waals surface area contributed by atoms with Gasteiger partial charge in [0.1, 0.15) is 5.75 Å². The summed E-state index contributed by atoms with van der Waals surface area (Å²) in [7, 11) is 1.55. The molecule has 0 unspecified atom stereocenters. The summed E-state index contributed by atoms with van der Waals surface area (Å²) < 4.78 is 16.1. The number of aryl methyl sites for hydroxylation is 1. The first-order valence-electron chi connectivity index (χ1n) is 19.3. The van der Waals surface area contributed by atoms with Crippen LogP contribution < -0.4 is 4.74 Å². The number of carbonyl (C=O) groups excluding carboxylic acids is 2. The molecule has 51 heavy (non-hydrogen) atoms. The van der Waals surface area contributed by atoms with E-state index in [9.17, 15) is 9.59 Å². The predicted octanol–water partition coefficient (Wildman–Crippen LogP) is 11.5. The highest BCUT2D eigenvalue weighted by atomic mass is 16.5. The van der Waals surface area contributed by atoms with Gasteiger partial charge in [0, 0.05) is 12.7 Å². The number of methoxy groups -OCH3 is 1. The molecular weight excluding hydrogens is 633 g/mol. The first-order valence-corrected chi connectivity index (χ1v) is 19.3. The monoisotopic (exact) mass is 690 g/mol. The maximum absolute atomic E-state index is 12.7. The molecule has 3 aromatic rings. The van der Waals surface area contributed by atoms with Crippen LogP contribution in [0.5, 0.6) is 5.75 Å². The zero-order chi connectivity index (χ0) is 36.2. The highest BCUT2D eigenvalue weighted by Gasteiger charge is 2.32. The summed E-state index contributed by atoms with van der Waals surface area (Å²) in [6.07, 6.45) is 16.3. The van der Waals surface area contributed by atoms with Gasteiger partial charge in [0.25, 0.3) is 0 Å². The fourth-order valence-corrected chi connectivity index (χ4v) is 8.23. The number of hydrogen-bond donors (Lipinski definition) is 0. The number of rotatable bonds is 16. The third-order valence-corrected chi connectivity index (χ3v) is 11.3. The number of esters is 2. The Morgan fingerprint density at radius 1 is 0.745 bits per heavy atom. The van der Waals surface area contributed by atoms with Gasteiger partial charge < -0.3 is 14.2 Å². The lowest BCUT2D eigenvalue weighted by atomic mass is 9.67. The Kier molecular flexibility index (Phi) is 14.3. The molecule has 3 aromatic carbocycles. The third kappa shape index (κ3) is 10.8. The summed E-state index contributed by atoms with van der Waals surface area (Å²) in [6, 6.07) is 23.6. The van der Waals surface area contributed by atoms with Crippen LogP contribution in [0.1, 0.15) is 108 Å². The van der Waals surface area contributed by atoms with Crippen molar-refractivity contribution in [3.8, 4) is 28.0 Å². The first-order chi connectivity index (χ1) is 24.7. The number of ether oxygens (including phenoxy) is 3. The molecule has 0 spiro atoms. The minimum Gasteiger partial charge on any atom is -0.462 e. The van der Waals surface area contributed by atoms with Crippen molar-refractivity contribution in [2.45, 2.75) is 103 Å². The van der Waals surface area contributed by atoms with Crippen molar-refractivity contribution in [1.29, 1.82) is 0 Å². The molecule has 0 atom stereocenters. The summed E-state index contributed by atoms with van der Waals surface area (Å²) in [6.45, 7) is 12.0. The lowest BCUT2D eigenvalue weighted by Crippen LogP contribution is -2.25. The molecule has 5 heteroatoms. The van der Waals surface area contributed by atoms with Crippen LogP contribution in [0.2, 0.25) is 0 Å². The van der Waals surface area contributed by atoms with Crippen molar-refractivity contribution in [3.63, 3.8) is 0 Å². The van der Waals surface area contributed by atoms with Crippen LogP contribution >= 0.6 is 0 Å². The smallest absolute Gasteiger partial charge is 0.341 e. The highest BCUT2D eigenvalue weighted by molar-refractivity contribution is 5.90. The molecule has 0 aromatic heterocycles. The maximum Gasteiger partial charge on any atom is 0.341 e. The molecule has 2 aliphatic rings. The quantitative estimate of drug-likeness (QED) is 0.0648. The SMILES string of the molecule is C=C(C)C(=O)OCCCc1ccc(-c2ccc(-c3ccc(OC(=O)C(=C)COC)cc3C3CCC(C4CCC(CCCC)CC4)CC3)cc2)cc1. The molecule has 272 valence electrons. The van der Waals surface area contributed by atoms with E-state index in [-0.39, 0.29) is 12.6 Å². The van der Waals surface area contributed by atoms with E-state index < -0.39 is 5.97 Å². The van der Waals surface area contributed by atoms with Gasteiger partial charge in [0.05, 0.1) is 18.8 Å². The molecule has 2 aliphatic carbocycles. The van der Waals surface area contributed by atoms with E-state index in [0.29, 0.717) is 29.4 Å². The molecule has 0 N–H and O–H groups in total. The first kappa shape index (κ1) is 38.3. The normalized spacial score (nSPS) is 20.4. The molecule has 0 aliphatic heterocycles. The average molecular weight is 691 g/mol. The summed E-state index contributed by atoms with van der Waals surface area (Å²) in [4.78, 5) is 24.3. The molecule has 2 saturated carbocycles. The fraction of sp³-hybridized carbons (Fsp3) is 0.478. The second kappa shape index (κ2) is 19.0. The highest BCUT2D eigenvalue weighted by Crippen LogP contribution is 2.47. The van der Waals surface area contributed by atoms with Gasteiger partial charge in [-0.05, 0) is 127 Å². The van der Waals surface area contributed by atoms with E-state index in [4.69, 9.17) is 14.2 Å². The minimum atomic E-state index is -0.449. The van der Waals surface area contributed by atoms with Crippen molar-refractivity contribution in [2.75, 3.05) is 20.3 Å². The Balaban J connectivity index is 1.27. The van der Waals surface area contributed by atoms with Crippen LogP contribution in [0.4, 0.5) is 0 Å². The van der Waals surface area contributed by atoms with Crippen LogP contribution in [0, 0.1) is 17.8 Å². The Labute approximate surface area is 306 Å². The largest absolute Gasteiger partial charge is 0.462 e. The molecule has 0 heterocycles. The summed E-state index contributed by atoms with van der Waals surface area (Å²) in [5.74, 6) is 2.88. The van der Waals surface area contributed by atoms with Gasteiger partial charge in [-0.25, -0.2) is 9.59 Å². The van der Waals surface area contributed by atoms with Crippen LogP contribution in [0.25, 0.3) is 22.3 Å². The predicted molar refractivity (Wildman–Crippen MR) is 208 cm³/mol. The van der Waals surface area contributed by atoms with Gasteiger partial charge in [-0.3, -0.25) is 0 Å². The molecule has 0 amide bonds. The number of hydrogen-bond acceptors (Lipinski definition) is 5. The molecule has 5 rings (SSSR count).